The fourth-order valence-electron chi connectivity index (χ4n) is 2.04. The van der Waals surface area contributed by atoms with Crippen LogP contribution < -0.4 is 16.4 Å². The first-order chi connectivity index (χ1) is 12.5. The molecule has 10 heteroatoms. The molecule has 0 unspecified atom stereocenters. The summed E-state index contributed by atoms with van der Waals surface area (Å²) in [6, 6.07) is 7.89. The van der Waals surface area contributed by atoms with Gasteiger partial charge in [-0.15, -0.1) is 0 Å². The fraction of sp³-hybridized carbons (Fsp3) is 0. The van der Waals surface area contributed by atoms with Crippen molar-refractivity contribution in [2.24, 2.45) is 0 Å². The molecule has 0 aliphatic rings. The standard InChI is InChI=1S/C16H11Cl2N5O2S/c17-9-2-1-3-10(18)13(9)15(24)21-11-7-26-23-14(11)16(25)22-12-5-4-8(19)6-20-12/h1-7H,19H2,(H,21,24)(H,20,22,25). The maximum absolute atomic E-state index is 12.5. The number of nitrogen functional groups attached to an aromatic ring is 1. The van der Waals surface area contributed by atoms with Crippen LogP contribution in [0, 0.1) is 0 Å². The second-order valence-electron chi connectivity index (χ2n) is 5.06. The van der Waals surface area contributed by atoms with E-state index in [0.29, 0.717) is 11.5 Å². The van der Waals surface area contributed by atoms with Crippen molar-refractivity contribution < 1.29 is 9.59 Å². The lowest BCUT2D eigenvalue weighted by Gasteiger charge is -2.09. The van der Waals surface area contributed by atoms with E-state index in [1.807, 2.05) is 0 Å². The third-order valence-electron chi connectivity index (χ3n) is 3.25. The average Bonchev–Trinajstić information content (AvgIpc) is 3.05. The molecule has 132 valence electrons. The van der Waals surface area contributed by atoms with E-state index in [1.54, 1.807) is 30.3 Å². The number of amides is 2. The van der Waals surface area contributed by atoms with E-state index in [0.717, 1.165) is 11.5 Å². The third kappa shape index (κ3) is 3.93. The van der Waals surface area contributed by atoms with E-state index in [9.17, 15) is 9.59 Å². The average molecular weight is 408 g/mol. The van der Waals surface area contributed by atoms with Crippen molar-refractivity contribution in [3.63, 3.8) is 0 Å². The maximum atomic E-state index is 12.5. The van der Waals surface area contributed by atoms with Gasteiger partial charge < -0.3 is 16.4 Å². The SMILES string of the molecule is Nc1ccc(NC(=O)c2nscc2NC(=O)c2c(Cl)cccc2Cl)nc1. The van der Waals surface area contributed by atoms with Crippen LogP contribution in [0.4, 0.5) is 17.2 Å². The quantitative estimate of drug-likeness (QED) is 0.606. The van der Waals surface area contributed by atoms with Crippen LogP contribution in [-0.4, -0.2) is 21.2 Å². The van der Waals surface area contributed by atoms with Crippen molar-refractivity contribution in [1.82, 2.24) is 9.36 Å². The summed E-state index contributed by atoms with van der Waals surface area (Å²) in [7, 11) is 0. The summed E-state index contributed by atoms with van der Waals surface area (Å²) in [5.74, 6) is -0.756. The monoisotopic (exact) mass is 407 g/mol. The van der Waals surface area contributed by atoms with Crippen molar-refractivity contribution in [2.75, 3.05) is 16.4 Å². The molecule has 0 fully saturated rings. The zero-order valence-electron chi connectivity index (χ0n) is 13.0. The van der Waals surface area contributed by atoms with Gasteiger partial charge in [-0.2, -0.15) is 4.37 Å². The summed E-state index contributed by atoms with van der Waals surface area (Å²) in [6.45, 7) is 0. The molecular weight excluding hydrogens is 397 g/mol. The van der Waals surface area contributed by atoms with Crippen LogP contribution in [0.3, 0.4) is 0 Å². The van der Waals surface area contributed by atoms with Gasteiger partial charge in [0.25, 0.3) is 11.8 Å². The van der Waals surface area contributed by atoms with Crippen molar-refractivity contribution >= 4 is 63.7 Å². The molecule has 1 aromatic carbocycles. The van der Waals surface area contributed by atoms with E-state index in [2.05, 4.69) is 20.0 Å². The summed E-state index contributed by atoms with van der Waals surface area (Å²) in [4.78, 5) is 28.8. The van der Waals surface area contributed by atoms with E-state index in [1.165, 1.54) is 11.6 Å². The molecule has 7 nitrogen and oxygen atoms in total. The predicted octanol–water partition coefficient (Wildman–Crippen LogP) is 3.93. The first-order valence-electron chi connectivity index (χ1n) is 7.18. The Hall–Kier alpha value is -2.68. The highest BCUT2D eigenvalue weighted by atomic mass is 35.5. The van der Waals surface area contributed by atoms with Crippen LogP contribution in [-0.2, 0) is 0 Å². The maximum Gasteiger partial charge on any atom is 0.278 e. The van der Waals surface area contributed by atoms with Gasteiger partial charge in [0.2, 0.25) is 0 Å². The lowest BCUT2D eigenvalue weighted by Crippen LogP contribution is -2.18. The lowest BCUT2D eigenvalue weighted by atomic mass is 10.2. The molecule has 2 amide bonds. The van der Waals surface area contributed by atoms with Gasteiger partial charge in [0, 0.05) is 5.38 Å². The Labute approximate surface area is 162 Å². The normalized spacial score (nSPS) is 10.4. The summed E-state index contributed by atoms with van der Waals surface area (Å²) in [5.41, 5.74) is 6.43. The van der Waals surface area contributed by atoms with Crippen LogP contribution in [0.15, 0.2) is 41.9 Å². The molecule has 4 N–H and O–H groups in total. The van der Waals surface area contributed by atoms with Gasteiger partial charge in [-0.05, 0) is 35.8 Å². The van der Waals surface area contributed by atoms with Gasteiger partial charge in [0.15, 0.2) is 5.69 Å². The smallest absolute Gasteiger partial charge is 0.278 e. The molecule has 0 atom stereocenters. The lowest BCUT2D eigenvalue weighted by molar-refractivity contribution is 0.102. The van der Waals surface area contributed by atoms with Gasteiger partial charge in [0.1, 0.15) is 5.82 Å². The molecule has 0 aliphatic heterocycles. The minimum Gasteiger partial charge on any atom is -0.397 e. The van der Waals surface area contributed by atoms with Crippen LogP contribution in [0.25, 0.3) is 0 Å². The topological polar surface area (TPSA) is 110 Å². The van der Waals surface area contributed by atoms with Crippen LogP contribution in [0.5, 0.6) is 0 Å². The number of anilines is 3. The first-order valence-corrected chi connectivity index (χ1v) is 8.77. The molecule has 0 saturated carbocycles. The van der Waals surface area contributed by atoms with Crippen LogP contribution in [0.1, 0.15) is 20.8 Å². The Kier molecular flexibility index (Phi) is 5.36. The number of aromatic nitrogens is 2. The highest BCUT2D eigenvalue weighted by Gasteiger charge is 2.20. The molecule has 2 aromatic heterocycles. The van der Waals surface area contributed by atoms with E-state index < -0.39 is 11.8 Å². The first kappa shape index (κ1) is 18.1. The van der Waals surface area contributed by atoms with Crippen LogP contribution >= 0.6 is 34.7 Å². The molecule has 0 bridgehead atoms. The molecule has 3 aromatic rings. The molecule has 0 spiro atoms. The van der Waals surface area contributed by atoms with Crippen molar-refractivity contribution in [1.29, 1.82) is 0 Å². The van der Waals surface area contributed by atoms with Gasteiger partial charge >= 0.3 is 0 Å². The molecule has 0 radical (unpaired) electrons. The number of nitrogens with one attached hydrogen (secondary N) is 2. The number of rotatable bonds is 4. The van der Waals surface area contributed by atoms with Gasteiger partial charge in [-0.25, -0.2) is 4.98 Å². The Morgan fingerprint density at radius 1 is 1.04 bits per heavy atom. The minimum atomic E-state index is -0.541. The number of nitrogens with two attached hydrogens (primary N) is 1. The van der Waals surface area contributed by atoms with E-state index in [4.69, 9.17) is 28.9 Å². The summed E-state index contributed by atoms with van der Waals surface area (Å²) < 4.78 is 4.02. The number of carbonyl (C=O) groups is 2. The van der Waals surface area contributed by atoms with Gasteiger partial charge in [-0.1, -0.05) is 29.3 Å². The van der Waals surface area contributed by atoms with Gasteiger partial charge in [0.05, 0.1) is 33.2 Å². The predicted molar refractivity (Wildman–Crippen MR) is 103 cm³/mol. The Morgan fingerprint density at radius 2 is 1.77 bits per heavy atom. The summed E-state index contributed by atoms with van der Waals surface area (Å²) in [5, 5.41) is 7.13. The Morgan fingerprint density at radius 3 is 2.42 bits per heavy atom. The van der Waals surface area contributed by atoms with E-state index >= 15 is 0 Å². The number of carbonyl (C=O) groups excluding carboxylic acids is 2. The number of hydrogen-bond acceptors (Lipinski definition) is 6. The number of pyridine rings is 1. The number of hydrogen-bond donors (Lipinski definition) is 3. The van der Waals surface area contributed by atoms with Crippen molar-refractivity contribution in [3.05, 3.63) is 63.2 Å². The molecular formula is C16H11Cl2N5O2S. The molecule has 3 rings (SSSR count). The highest BCUT2D eigenvalue weighted by Crippen LogP contribution is 2.26. The Balaban J connectivity index is 1.79. The molecule has 0 aliphatic carbocycles. The zero-order valence-corrected chi connectivity index (χ0v) is 15.3. The molecule has 2 heterocycles. The largest absolute Gasteiger partial charge is 0.397 e. The fourth-order valence-corrected chi connectivity index (χ4v) is 3.23. The number of nitrogens with zero attached hydrogens (tertiary/aromatic N) is 2. The molecule has 26 heavy (non-hydrogen) atoms. The summed E-state index contributed by atoms with van der Waals surface area (Å²) >= 11 is 13.1. The summed E-state index contributed by atoms with van der Waals surface area (Å²) in [6.07, 6.45) is 1.42. The van der Waals surface area contributed by atoms with E-state index in [-0.39, 0.29) is 27.0 Å². The second-order valence-corrected chi connectivity index (χ2v) is 6.50. The molecule has 0 saturated heterocycles. The number of halogens is 2. The number of benzene rings is 1. The third-order valence-corrected chi connectivity index (χ3v) is 4.51. The van der Waals surface area contributed by atoms with Crippen molar-refractivity contribution in [3.8, 4) is 0 Å². The Bertz CT molecular complexity index is 955. The second kappa shape index (κ2) is 7.69. The zero-order chi connectivity index (χ0) is 18.7. The van der Waals surface area contributed by atoms with Crippen molar-refractivity contribution in [2.45, 2.75) is 0 Å². The highest BCUT2D eigenvalue weighted by molar-refractivity contribution is 7.04. The minimum absolute atomic E-state index is 0.0464. The van der Waals surface area contributed by atoms with Crippen LogP contribution in [0.2, 0.25) is 10.0 Å². The van der Waals surface area contributed by atoms with Gasteiger partial charge in [-0.3, -0.25) is 9.59 Å².